The molecule has 3 aliphatic rings. The molecular weight excluding hydrogens is 384 g/mol. The van der Waals surface area contributed by atoms with E-state index in [9.17, 15) is 13.2 Å². The van der Waals surface area contributed by atoms with Gasteiger partial charge in [-0.2, -0.15) is 4.31 Å². The molecule has 2 saturated heterocycles. The van der Waals surface area contributed by atoms with Crippen molar-refractivity contribution < 1.29 is 13.2 Å². The summed E-state index contributed by atoms with van der Waals surface area (Å²) < 4.78 is 28.0. The highest BCUT2D eigenvalue weighted by molar-refractivity contribution is 7.89. The average molecular weight is 419 g/mol. The molecule has 2 atom stereocenters. The first-order chi connectivity index (χ1) is 14.0. The van der Waals surface area contributed by atoms with Crippen molar-refractivity contribution in [3.8, 4) is 0 Å². The van der Waals surface area contributed by atoms with E-state index < -0.39 is 10.0 Å². The van der Waals surface area contributed by atoms with Gasteiger partial charge in [0.15, 0.2) is 0 Å². The Morgan fingerprint density at radius 1 is 0.931 bits per heavy atom. The molecule has 0 aromatic heterocycles. The van der Waals surface area contributed by atoms with E-state index in [2.05, 4.69) is 0 Å². The van der Waals surface area contributed by atoms with Crippen LogP contribution < -0.4 is 0 Å². The fourth-order valence-electron chi connectivity index (χ4n) is 5.57. The van der Waals surface area contributed by atoms with Crippen LogP contribution in [0, 0.1) is 5.92 Å². The summed E-state index contributed by atoms with van der Waals surface area (Å²) in [6.45, 7) is 3.34. The van der Waals surface area contributed by atoms with E-state index in [-0.39, 0.29) is 16.8 Å². The Balaban J connectivity index is 1.55. The third-order valence-electron chi connectivity index (χ3n) is 7.18. The molecule has 1 aliphatic carbocycles. The molecule has 0 spiro atoms. The van der Waals surface area contributed by atoms with E-state index >= 15 is 0 Å². The number of hydrogen-bond acceptors (Lipinski definition) is 3. The van der Waals surface area contributed by atoms with Crippen LogP contribution in [0.4, 0.5) is 0 Å². The molecule has 2 heterocycles. The molecule has 2 aliphatic heterocycles. The lowest BCUT2D eigenvalue weighted by molar-refractivity contribution is 0.0661. The minimum absolute atomic E-state index is 0.00168. The Morgan fingerprint density at radius 3 is 2.45 bits per heavy atom. The topological polar surface area (TPSA) is 57.7 Å². The number of hydrogen-bond donors (Lipinski definition) is 0. The van der Waals surface area contributed by atoms with Crippen LogP contribution >= 0.6 is 0 Å². The van der Waals surface area contributed by atoms with E-state index in [0.717, 1.165) is 38.6 Å². The van der Waals surface area contributed by atoms with Gasteiger partial charge in [-0.3, -0.25) is 4.79 Å². The van der Waals surface area contributed by atoms with Gasteiger partial charge in [0.05, 0.1) is 4.90 Å². The zero-order chi connectivity index (χ0) is 20.4. The number of benzene rings is 1. The SMILES string of the molecule is CC1CCCCN1S(=O)(=O)c1cccc(C(=O)N2CCCC2C2CCCCC2)c1. The monoisotopic (exact) mass is 418 g/mol. The van der Waals surface area contributed by atoms with Crippen molar-refractivity contribution in [2.45, 2.75) is 88.1 Å². The molecule has 1 amide bonds. The Kier molecular flexibility index (Phi) is 6.30. The quantitative estimate of drug-likeness (QED) is 0.727. The van der Waals surface area contributed by atoms with E-state index in [4.69, 9.17) is 0 Å². The second-order valence-corrected chi connectivity index (χ2v) is 11.0. The van der Waals surface area contributed by atoms with Crippen molar-refractivity contribution in [2.24, 2.45) is 5.92 Å². The largest absolute Gasteiger partial charge is 0.335 e. The van der Waals surface area contributed by atoms with Gasteiger partial charge in [-0.15, -0.1) is 0 Å². The second kappa shape index (κ2) is 8.76. The van der Waals surface area contributed by atoms with Gasteiger partial charge in [0.2, 0.25) is 10.0 Å². The molecule has 0 bridgehead atoms. The van der Waals surface area contributed by atoms with Crippen LogP contribution in [0.25, 0.3) is 0 Å². The normalized spacial score (nSPS) is 27.3. The van der Waals surface area contributed by atoms with Crippen LogP contribution in [-0.4, -0.2) is 48.7 Å². The molecule has 5 nitrogen and oxygen atoms in total. The molecule has 29 heavy (non-hydrogen) atoms. The summed E-state index contributed by atoms with van der Waals surface area (Å²) in [5.74, 6) is 0.609. The van der Waals surface area contributed by atoms with Crippen LogP contribution in [0.15, 0.2) is 29.2 Å². The molecule has 1 saturated carbocycles. The van der Waals surface area contributed by atoms with Crippen LogP contribution in [0.2, 0.25) is 0 Å². The van der Waals surface area contributed by atoms with E-state index in [1.54, 1.807) is 28.6 Å². The van der Waals surface area contributed by atoms with Gasteiger partial charge >= 0.3 is 0 Å². The fraction of sp³-hybridized carbons (Fsp3) is 0.696. The van der Waals surface area contributed by atoms with Crippen LogP contribution in [0.3, 0.4) is 0 Å². The summed E-state index contributed by atoms with van der Waals surface area (Å²) in [5, 5.41) is 0. The maximum absolute atomic E-state index is 13.3. The lowest BCUT2D eigenvalue weighted by Crippen LogP contribution is -2.42. The minimum Gasteiger partial charge on any atom is -0.335 e. The minimum atomic E-state index is -3.56. The molecule has 0 radical (unpaired) electrons. The van der Waals surface area contributed by atoms with Crippen LogP contribution in [-0.2, 0) is 10.0 Å². The zero-order valence-electron chi connectivity index (χ0n) is 17.6. The molecule has 4 rings (SSSR count). The van der Waals surface area contributed by atoms with Gasteiger partial charge in [0, 0.05) is 30.7 Å². The Hall–Kier alpha value is -1.40. The highest BCUT2D eigenvalue weighted by Gasteiger charge is 2.36. The Labute approximate surface area is 175 Å². The first kappa shape index (κ1) is 20.9. The molecule has 6 heteroatoms. The molecule has 3 fully saturated rings. The third-order valence-corrected chi connectivity index (χ3v) is 9.19. The first-order valence-electron chi connectivity index (χ1n) is 11.4. The Bertz CT molecular complexity index is 832. The Morgan fingerprint density at radius 2 is 1.69 bits per heavy atom. The predicted molar refractivity (Wildman–Crippen MR) is 114 cm³/mol. The number of rotatable bonds is 4. The first-order valence-corrected chi connectivity index (χ1v) is 12.9. The standard InChI is InChI=1S/C23H34N2O3S/c1-18-9-5-6-16-25(18)29(27,28)21-13-7-12-20(17-21)23(26)24-15-8-14-22(24)19-10-3-2-4-11-19/h7,12-13,17-19,22H,2-6,8-11,14-16H2,1H3. The van der Waals surface area contributed by atoms with Gasteiger partial charge in [-0.25, -0.2) is 8.42 Å². The maximum Gasteiger partial charge on any atom is 0.254 e. The van der Waals surface area contributed by atoms with E-state index in [0.29, 0.717) is 24.1 Å². The van der Waals surface area contributed by atoms with Crippen molar-refractivity contribution in [3.63, 3.8) is 0 Å². The molecule has 2 unspecified atom stereocenters. The van der Waals surface area contributed by atoms with E-state index in [1.807, 2.05) is 11.8 Å². The number of carbonyl (C=O) groups excluding carboxylic acids is 1. The van der Waals surface area contributed by atoms with Crippen LogP contribution in [0.5, 0.6) is 0 Å². The number of piperidine rings is 1. The number of sulfonamides is 1. The average Bonchev–Trinajstić information content (AvgIpc) is 3.24. The van der Waals surface area contributed by atoms with Crippen LogP contribution in [0.1, 0.15) is 81.5 Å². The number of likely N-dealkylation sites (tertiary alicyclic amines) is 1. The molecule has 1 aromatic rings. The van der Waals surface area contributed by atoms with Gasteiger partial charge < -0.3 is 4.90 Å². The highest BCUT2D eigenvalue weighted by Crippen LogP contribution is 2.35. The molecule has 0 N–H and O–H groups in total. The van der Waals surface area contributed by atoms with E-state index in [1.165, 1.54) is 32.1 Å². The van der Waals surface area contributed by atoms with Crippen molar-refractivity contribution in [1.29, 1.82) is 0 Å². The lowest BCUT2D eigenvalue weighted by atomic mass is 9.83. The summed E-state index contributed by atoms with van der Waals surface area (Å²) in [6.07, 6.45) is 11.3. The number of carbonyl (C=O) groups is 1. The van der Waals surface area contributed by atoms with Crippen molar-refractivity contribution in [3.05, 3.63) is 29.8 Å². The maximum atomic E-state index is 13.3. The van der Waals surface area contributed by atoms with Gasteiger partial charge in [-0.1, -0.05) is 31.7 Å². The summed E-state index contributed by atoms with van der Waals surface area (Å²) >= 11 is 0. The smallest absolute Gasteiger partial charge is 0.254 e. The third kappa shape index (κ3) is 4.24. The van der Waals surface area contributed by atoms with Crippen molar-refractivity contribution in [2.75, 3.05) is 13.1 Å². The summed E-state index contributed by atoms with van der Waals surface area (Å²) in [6, 6.07) is 7.08. The van der Waals surface area contributed by atoms with Gasteiger partial charge in [0.25, 0.3) is 5.91 Å². The highest BCUT2D eigenvalue weighted by atomic mass is 32.2. The summed E-state index contributed by atoms with van der Waals surface area (Å²) in [7, 11) is -3.56. The summed E-state index contributed by atoms with van der Waals surface area (Å²) in [4.78, 5) is 15.6. The molecular formula is C23H34N2O3S. The van der Waals surface area contributed by atoms with Gasteiger partial charge in [0.1, 0.15) is 0 Å². The molecule has 1 aromatic carbocycles. The van der Waals surface area contributed by atoms with Crippen molar-refractivity contribution in [1.82, 2.24) is 9.21 Å². The van der Waals surface area contributed by atoms with Gasteiger partial charge in [-0.05, 0) is 69.6 Å². The number of amides is 1. The number of nitrogens with zero attached hydrogens (tertiary/aromatic N) is 2. The fourth-order valence-corrected chi connectivity index (χ4v) is 7.32. The summed E-state index contributed by atoms with van der Waals surface area (Å²) in [5.41, 5.74) is 0.512. The zero-order valence-corrected chi connectivity index (χ0v) is 18.4. The second-order valence-electron chi connectivity index (χ2n) is 9.09. The van der Waals surface area contributed by atoms with Crippen molar-refractivity contribution >= 4 is 15.9 Å². The molecule has 160 valence electrons. The predicted octanol–water partition coefficient (Wildman–Crippen LogP) is 4.43. The lowest BCUT2D eigenvalue weighted by Gasteiger charge is -2.34.